The van der Waals surface area contributed by atoms with Crippen LogP contribution in [0.3, 0.4) is 0 Å². The maximum Gasteiger partial charge on any atom is 0.0639 e. The van der Waals surface area contributed by atoms with Gasteiger partial charge in [-0.2, -0.15) is 0 Å². The van der Waals surface area contributed by atoms with Gasteiger partial charge in [-0.25, -0.2) is 0 Å². The van der Waals surface area contributed by atoms with Gasteiger partial charge in [-0.1, -0.05) is 12.0 Å². The van der Waals surface area contributed by atoms with Crippen LogP contribution in [0, 0.1) is 12.3 Å². The molecule has 0 aliphatic heterocycles. The lowest BCUT2D eigenvalue weighted by atomic mass is 10.1. The van der Waals surface area contributed by atoms with Crippen LogP contribution in [0.5, 0.6) is 0 Å². The standard InChI is InChI=1S/C14H19NO/c1-5-12-7-6-8-13(11-12)15-10-9-14(2,3)16-4/h1,6-8,11,15H,9-10H2,2-4H3. The van der Waals surface area contributed by atoms with E-state index in [1.165, 1.54) is 0 Å². The lowest BCUT2D eigenvalue weighted by molar-refractivity contribution is 0.0185. The van der Waals surface area contributed by atoms with Crippen LogP contribution >= 0.6 is 0 Å². The van der Waals surface area contributed by atoms with Gasteiger partial charge in [0, 0.05) is 24.9 Å². The number of hydrogen-bond donors (Lipinski definition) is 1. The van der Waals surface area contributed by atoms with Gasteiger partial charge in [0.05, 0.1) is 5.60 Å². The molecule has 16 heavy (non-hydrogen) atoms. The highest BCUT2D eigenvalue weighted by Crippen LogP contribution is 2.14. The van der Waals surface area contributed by atoms with E-state index in [0.29, 0.717) is 0 Å². The number of rotatable bonds is 5. The van der Waals surface area contributed by atoms with Crippen molar-refractivity contribution in [2.45, 2.75) is 25.9 Å². The van der Waals surface area contributed by atoms with E-state index >= 15 is 0 Å². The summed E-state index contributed by atoms with van der Waals surface area (Å²) in [6.45, 7) is 5.02. The highest BCUT2D eigenvalue weighted by Gasteiger charge is 2.14. The Hall–Kier alpha value is -1.46. The van der Waals surface area contributed by atoms with Crippen LogP contribution in [0.1, 0.15) is 25.8 Å². The average molecular weight is 217 g/mol. The van der Waals surface area contributed by atoms with Crippen molar-refractivity contribution in [2.24, 2.45) is 0 Å². The molecule has 1 rings (SSSR count). The monoisotopic (exact) mass is 217 g/mol. The van der Waals surface area contributed by atoms with E-state index < -0.39 is 0 Å². The largest absolute Gasteiger partial charge is 0.385 e. The number of methoxy groups -OCH3 is 1. The zero-order chi connectivity index (χ0) is 12.0. The van der Waals surface area contributed by atoms with Crippen LogP contribution in [0.15, 0.2) is 24.3 Å². The van der Waals surface area contributed by atoms with Gasteiger partial charge in [0.2, 0.25) is 0 Å². The van der Waals surface area contributed by atoms with Gasteiger partial charge in [0.15, 0.2) is 0 Å². The lowest BCUT2D eigenvalue weighted by Gasteiger charge is -2.23. The molecule has 0 aliphatic rings. The van der Waals surface area contributed by atoms with Crippen molar-refractivity contribution >= 4 is 5.69 Å². The van der Waals surface area contributed by atoms with E-state index in [0.717, 1.165) is 24.2 Å². The maximum atomic E-state index is 5.35. The van der Waals surface area contributed by atoms with Gasteiger partial charge in [0.25, 0.3) is 0 Å². The Morgan fingerprint density at radius 1 is 1.44 bits per heavy atom. The molecule has 2 nitrogen and oxygen atoms in total. The minimum absolute atomic E-state index is 0.0866. The Balaban J connectivity index is 2.46. The van der Waals surface area contributed by atoms with Crippen molar-refractivity contribution in [3.63, 3.8) is 0 Å². The summed E-state index contributed by atoms with van der Waals surface area (Å²) in [6.07, 6.45) is 6.29. The zero-order valence-corrected chi connectivity index (χ0v) is 10.2. The van der Waals surface area contributed by atoms with Gasteiger partial charge in [-0.15, -0.1) is 6.42 Å². The molecule has 1 aromatic carbocycles. The molecule has 0 radical (unpaired) electrons. The molecule has 0 aromatic heterocycles. The summed E-state index contributed by atoms with van der Waals surface area (Å²) in [5, 5.41) is 3.33. The van der Waals surface area contributed by atoms with E-state index in [9.17, 15) is 0 Å². The second-order valence-corrected chi connectivity index (χ2v) is 4.37. The summed E-state index contributed by atoms with van der Waals surface area (Å²) in [5.41, 5.74) is 1.87. The van der Waals surface area contributed by atoms with Crippen molar-refractivity contribution in [2.75, 3.05) is 19.0 Å². The summed E-state index contributed by atoms with van der Waals surface area (Å²) in [6, 6.07) is 7.86. The first kappa shape index (κ1) is 12.6. The minimum atomic E-state index is -0.0866. The maximum absolute atomic E-state index is 5.35. The summed E-state index contributed by atoms with van der Waals surface area (Å²) < 4.78 is 5.35. The molecule has 0 aliphatic carbocycles. The fraction of sp³-hybridized carbons (Fsp3) is 0.429. The average Bonchev–Trinajstić information content (AvgIpc) is 2.29. The molecule has 0 saturated carbocycles. The zero-order valence-electron chi connectivity index (χ0n) is 10.2. The second kappa shape index (κ2) is 5.58. The molecule has 0 spiro atoms. The molecule has 0 atom stereocenters. The molecular weight excluding hydrogens is 198 g/mol. The van der Waals surface area contributed by atoms with E-state index in [1.807, 2.05) is 24.3 Å². The Labute approximate surface area is 98.0 Å². The fourth-order valence-electron chi connectivity index (χ4n) is 1.33. The first-order chi connectivity index (χ1) is 7.57. The molecule has 0 bridgehead atoms. The third-order valence-electron chi connectivity index (χ3n) is 2.64. The molecule has 1 N–H and O–H groups in total. The molecule has 0 saturated heterocycles. The Morgan fingerprint density at radius 3 is 2.81 bits per heavy atom. The molecule has 0 fully saturated rings. The second-order valence-electron chi connectivity index (χ2n) is 4.37. The van der Waals surface area contributed by atoms with Crippen molar-refractivity contribution < 1.29 is 4.74 Å². The third kappa shape index (κ3) is 3.96. The number of hydrogen-bond acceptors (Lipinski definition) is 2. The van der Waals surface area contributed by atoms with Crippen LogP contribution < -0.4 is 5.32 Å². The number of nitrogens with one attached hydrogen (secondary N) is 1. The highest BCUT2D eigenvalue weighted by molar-refractivity contribution is 5.49. The van der Waals surface area contributed by atoms with Crippen LogP contribution in [-0.2, 0) is 4.74 Å². The van der Waals surface area contributed by atoms with Gasteiger partial charge < -0.3 is 10.1 Å². The van der Waals surface area contributed by atoms with E-state index in [4.69, 9.17) is 11.2 Å². The van der Waals surface area contributed by atoms with Crippen LogP contribution in [0.2, 0.25) is 0 Å². The summed E-state index contributed by atoms with van der Waals surface area (Å²) in [5.74, 6) is 2.62. The normalized spacial score (nSPS) is 10.9. The van der Waals surface area contributed by atoms with Gasteiger partial charge >= 0.3 is 0 Å². The topological polar surface area (TPSA) is 21.3 Å². The Kier molecular flexibility index (Phi) is 4.39. The quantitative estimate of drug-likeness (QED) is 0.766. The highest BCUT2D eigenvalue weighted by atomic mass is 16.5. The lowest BCUT2D eigenvalue weighted by Crippen LogP contribution is -2.25. The van der Waals surface area contributed by atoms with E-state index in [1.54, 1.807) is 7.11 Å². The molecule has 86 valence electrons. The molecule has 0 amide bonds. The van der Waals surface area contributed by atoms with Gasteiger partial charge in [-0.05, 0) is 38.5 Å². The van der Waals surface area contributed by atoms with E-state index in [-0.39, 0.29) is 5.60 Å². The number of anilines is 1. The smallest absolute Gasteiger partial charge is 0.0639 e. The molecule has 0 unspecified atom stereocenters. The first-order valence-corrected chi connectivity index (χ1v) is 5.43. The molecular formula is C14H19NO. The number of benzene rings is 1. The van der Waals surface area contributed by atoms with E-state index in [2.05, 4.69) is 25.1 Å². The third-order valence-corrected chi connectivity index (χ3v) is 2.64. The first-order valence-electron chi connectivity index (χ1n) is 5.43. The molecule has 2 heteroatoms. The number of terminal acetylenes is 1. The Bertz CT molecular complexity index is 377. The minimum Gasteiger partial charge on any atom is -0.385 e. The van der Waals surface area contributed by atoms with Crippen LogP contribution in [0.25, 0.3) is 0 Å². The summed E-state index contributed by atoms with van der Waals surface area (Å²) in [7, 11) is 1.74. The SMILES string of the molecule is C#Cc1cccc(NCCC(C)(C)OC)c1. The predicted molar refractivity (Wildman–Crippen MR) is 68.6 cm³/mol. The Morgan fingerprint density at radius 2 is 2.19 bits per heavy atom. The molecule has 0 heterocycles. The fourth-order valence-corrected chi connectivity index (χ4v) is 1.33. The van der Waals surface area contributed by atoms with Crippen molar-refractivity contribution in [1.82, 2.24) is 0 Å². The van der Waals surface area contributed by atoms with Gasteiger partial charge in [-0.3, -0.25) is 0 Å². The number of ether oxygens (including phenoxy) is 1. The van der Waals surface area contributed by atoms with Crippen molar-refractivity contribution in [3.05, 3.63) is 29.8 Å². The van der Waals surface area contributed by atoms with Crippen LogP contribution in [-0.4, -0.2) is 19.3 Å². The summed E-state index contributed by atoms with van der Waals surface area (Å²) in [4.78, 5) is 0. The van der Waals surface area contributed by atoms with Crippen molar-refractivity contribution in [1.29, 1.82) is 0 Å². The van der Waals surface area contributed by atoms with Crippen LogP contribution in [0.4, 0.5) is 5.69 Å². The molecule has 1 aromatic rings. The van der Waals surface area contributed by atoms with Gasteiger partial charge in [0.1, 0.15) is 0 Å². The van der Waals surface area contributed by atoms with Crippen molar-refractivity contribution in [3.8, 4) is 12.3 Å². The summed E-state index contributed by atoms with van der Waals surface area (Å²) >= 11 is 0. The predicted octanol–water partition coefficient (Wildman–Crippen LogP) is 2.89.